The molecule has 0 radical (unpaired) electrons. The number of anilines is 1. The van der Waals surface area contributed by atoms with Gasteiger partial charge in [-0.3, -0.25) is 5.43 Å². The van der Waals surface area contributed by atoms with Crippen molar-refractivity contribution in [2.45, 2.75) is 19.8 Å². The number of hydrogen-bond acceptors (Lipinski definition) is 3. The van der Waals surface area contributed by atoms with E-state index < -0.39 is 0 Å². The molecule has 0 fully saturated rings. The lowest BCUT2D eigenvalue weighted by atomic mass is 10.3. The number of nitrogens with zero attached hydrogens (tertiary/aromatic N) is 2. The Kier molecular flexibility index (Phi) is 3.46. The molecule has 0 aliphatic heterocycles. The topological polar surface area (TPSA) is 37.3 Å². The fraction of sp³-hybridized carbons (Fsp3) is 0.273. The zero-order chi connectivity index (χ0) is 11.5. The van der Waals surface area contributed by atoms with Crippen LogP contribution in [0.5, 0.6) is 0 Å². The average Bonchev–Trinajstić information content (AvgIpc) is 2.63. The van der Waals surface area contributed by atoms with Crippen LogP contribution in [0.2, 0.25) is 10.0 Å². The van der Waals surface area contributed by atoms with Crippen LogP contribution in [-0.4, -0.2) is 10.7 Å². The summed E-state index contributed by atoms with van der Waals surface area (Å²) in [6.45, 7) is 2.09. The molecule has 1 aromatic heterocycles. The lowest BCUT2D eigenvalue weighted by Crippen LogP contribution is -1.98. The van der Waals surface area contributed by atoms with Crippen LogP contribution in [-0.2, 0) is 0 Å². The molecule has 0 saturated heterocycles. The molecule has 16 heavy (non-hydrogen) atoms. The molecule has 1 aliphatic carbocycles. The second-order valence-corrected chi connectivity index (χ2v) is 4.53. The van der Waals surface area contributed by atoms with E-state index >= 15 is 0 Å². The summed E-state index contributed by atoms with van der Waals surface area (Å²) < 4.78 is 0. The summed E-state index contributed by atoms with van der Waals surface area (Å²) in [4.78, 5) is 4.06. The summed E-state index contributed by atoms with van der Waals surface area (Å²) in [7, 11) is 0. The van der Waals surface area contributed by atoms with E-state index in [1.165, 1.54) is 11.8 Å². The molecule has 0 aromatic carbocycles. The first-order chi connectivity index (χ1) is 7.65. The Hall–Kier alpha value is -1.06. The zero-order valence-electron chi connectivity index (χ0n) is 8.80. The molecule has 2 rings (SSSR count). The summed E-state index contributed by atoms with van der Waals surface area (Å²) in [5.41, 5.74) is 5.21. The zero-order valence-corrected chi connectivity index (χ0v) is 10.3. The van der Waals surface area contributed by atoms with Gasteiger partial charge in [-0.25, -0.2) is 4.98 Å². The molecule has 1 aromatic rings. The minimum absolute atomic E-state index is 0.468. The van der Waals surface area contributed by atoms with Gasteiger partial charge in [0.1, 0.15) is 0 Å². The summed E-state index contributed by atoms with van der Waals surface area (Å²) in [5, 5.41) is 5.22. The van der Waals surface area contributed by atoms with Gasteiger partial charge in [-0.05, 0) is 31.9 Å². The van der Waals surface area contributed by atoms with E-state index in [0.29, 0.717) is 15.9 Å². The van der Waals surface area contributed by atoms with Crippen molar-refractivity contribution in [1.29, 1.82) is 0 Å². The van der Waals surface area contributed by atoms with Gasteiger partial charge < -0.3 is 0 Å². The molecular formula is C11H11Cl2N3. The normalized spacial score (nSPS) is 17.7. The number of allylic oxidation sites excluding steroid dienone is 2. The first-order valence-corrected chi connectivity index (χ1v) is 5.71. The van der Waals surface area contributed by atoms with Crippen molar-refractivity contribution in [3.8, 4) is 0 Å². The summed E-state index contributed by atoms with van der Waals surface area (Å²) in [6.07, 6.45) is 5.63. The molecule has 1 aliphatic rings. The molecule has 1 N–H and O–H groups in total. The van der Waals surface area contributed by atoms with Crippen LogP contribution in [0.1, 0.15) is 19.8 Å². The summed E-state index contributed by atoms with van der Waals surface area (Å²) >= 11 is 11.7. The van der Waals surface area contributed by atoms with Gasteiger partial charge in [-0.2, -0.15) is 5.10 Å². The predicted molar refractivity (Wildman–Crippen MR) is 68.3 cm³/mol. The molecule has 1 heterocycles. The summed E-state index contributed by atoms with van der Waals surface area (Å²) in [5.74, 6) is 0.525. The highest BCUT2D eigenvalue weighted by atomic mass is 35.5. The van der Waals surface area contributed by atoms with E-state index in [9.17, 15) is 0 Å². The molecule has 84 valence electrons. The number of hydrazone groups is 1. The highest BCUT2D eigenvalue weighted by Gasteiger charge is 2.07. The first kappa shape index (κ1) is 11.4. The Morgan fingerprint density at radius 1 is 1.38 bits per heavy atom. The van der Waals surface area contributed by atoms with Gasteiger partial charge in [0.2, 0.25) is 0 Å². The number of rotatable bonds is 2. The van der Waals surface area contributed by atoms with Crippen LogP contribution in [0.3, 0.4) is 0 Å². The molecule has 0 spiro atoms. The lowest BCUT2D eigenvalue weighted by molar-refractivity contribution is 1.05. The molecule has 3 nitrogen and oxygen atoms in total. The van der Waals surface area contributed by atoms with Crippen molar-refractivity contribution in [1.82, 2.24) is 4.98 Å². The van der Waals surface area contributed by atoms with Crippen LogP contribution in [0.15, 0.2) is 29.0 Å². The second kappa shape index (κ2) is 4.85. The minimum Gasteiger partial charge on any atom is -0.260 e. The Balaban J connectivity index is 2.10. The number of aromatic nitrogens is 1. The molecule has 0 atom stereocenters. The van der Waals surface area contributed by atoms with Crippen LogP contribution >= 0.6 is 23.2 Å². The van der Waals surface area contributed by atoms with Gasteiger partial charge in [-0.1, -0.05) is 28.8 Å². The molecule has 5 heteroatoms. The van der Waals surface area contributed by atoms with Crippen molar-refractivity contribution in [2.75, 3.05) is 5.43 Å². The van der Waals surface area contributed by atoms with Crippen LogP contribution in [0.4, 0.5) is 5.82 Å². The minimum atomic E-state index is 0.468. The molecule has 0 unspecified atom stereocenters. The van der Waals surface area contributed by atoms with Gasteiger partial charge in [0.15, 0.2) is 5.82 Å². The van der Waals surface area contributed by atoms with E-state index in [4.69, 9.17) is 23.2 Å². The third-order valence-electron chi connectivity index (χ3n) is 2.30. The van der Waals surface area contributed by atoms with E-state index in [1.807, 2.05) is 0 Å². The van der Waals surface area contributed by atoms with E-state index in [1.54, 1.807) is 6.07 Å². The molecule has 0 bridgehead atoms. The quantitative estimate of drug-likeness (QED) is 0.815. The van der Waals surface area contributed by atoms with Gasteiger partial charge >= 0.3 is 0 Å². The van der Waals surface area contributed by atoms with Crippen molar-refractivity contribution in [2.24, 2.45) is 5.10 Å². The van der Waals surface area contributed by atoms with Crippen LogP contribution in [0.25, 0.3) is 0 Å². The van der Waals surface area contributed by atoms with E-state index in [2.05, 4.69) is 28.5 Å². The van der Waals surface area contributed by atoms with Crippen molar-refractivity contribution in [3.05, 3.63) is 34.0 Å². The van der Waals surface area contributed by atoms with Gasteiger partial charge in [-0.15, -0.1) is 0 Å². The first-order valence-electron chi connectivity index (χ1n) is 4.96. The predicted octanol–water partition coefficient (Wildman–Crippen LogP) is 3.90. The molecule has 0 amide bonds. The fourth-order valence-corrected chi connectivity index (χ4v) is 1.89. The number of pyridine rings is 1. The van der Waals surface area contributed by atoms with Crippen LogP contribution in [0, 0.1) is 0 Å². The third kappa shape index (κ3) is 2.74. The van der Waals surface area contributed by atoms with Crippen LogP contribution < -0.4 is 5.43 Å². The van der Waals surface area contributed by atoms with Gasteiger partial charge in [0.25, 0.3) is 0 Å². The van der Waals surface area contributed by atoms with E-state index in [-0.39, 0.29) is 0 Å². The second-order valence-electron chi connectivity index (χ2n) is 3.69. The Labute approximate surface area is 104 Å². The SMILES string of the molecule is CC1=C/C(=N\Nc2ncc(Cl)cc2Cl)CC1. The Morgan fingerprint density at radius 2 is 2.19 bits per heavy atom. The van der Waals surface area contributed by atoms with E-state index in [0.717, 1.165) is 18.6 Å². The maximum atomic E-state index is 5.95. The lowest BCUT2D eigenvalue weighted by Gasteiger charge is -2.02. The average molecular weight is 256 g/mol. The summed E-state index contributed by atoms with van der Waals surface area (Å²) in [6, 6.07) is 1.63. The monoisotopic (exact) mass is 255 g/mol. The largest absolute Gasteiger partial charge is 0.260 e. The number of hydrogen-bond donors (Lipinski definition) is 1. The smallest absolute Gasteiger partial charge is 0.165 e. The molecular weight excluding hydrogens is 245 g/mol. The Morgan fingerprint density at radius 3 is 2.81 bits per heavy atom. The standard InChI is InChI=1S/C11H11Cl2N3/c1-7-2-3-9(4-7)15-16-11-10(13)5-8(12)6-14-11/h4-6H,2-3H2,1H3,(H,14,16)/b15-9-. The van der Waals surface area contributed by atoms with Crippen molar-refractivity contribution >= 4 is 34.7 Å². The maximum Gasteiger partial charge on any atom is 0.165 e. The fourth-order valence-electron chi connectivity index (χ4n) is 1.46. The highest BCUT2D eigenvalue weighted by molar-refractivity contribution is 6.35. The highest BCUT2D eigenvalue weighted by Crippen LogP contribution is 2.23. The van der Waals surface area contributed by atoms with Gasteiger partial charge in [0, 0.05) is 6.20 Å². The number of nitrogens with one attached hydrogen (secondary N) is 1. The number of halogens is 2. The Bertz CT molecular complexity index is 466. The maximum absolute atomic E-state index is 5.95. The van der Waals surface area contributed by atoms with Crippen molar-refractivity contribution in [3.63, 3.8) is 0 Å². The van der Waals surface area contributed by atoms with Gasteiger partial charge in [0.05, 0.1) is 15.8 Å². The third-order valence-corrected chi connectivity index (χ3v) is 2.80. The van der Waals surface area contributed by atoms with Crippen molar-refractivity contribution < 1.29 is 0 Å². The molecule has 0 saturated carbocycles.